The van der Waals surface area contributed by atoms with Crippen LogP contribution in [0.3, 0.4) is 0 Å². The Morgan fingerprint density at radius 1 is 1.37 bits per heavy atom. The van der Waals surface area contributed by atoms with E-state index in [1.54, 1.807) is 29.2 Å². The molecule has 1 aromatic rings. The fraction of sp³-hybridized carbons (Fsp3) is 0.385. The minimum atomic E-state index is -0.0948. The highest BCUT2D eigenvalue weighted by Crippen LogP contribution is 2.19. The van der Waals surface area contributed by atoms with E-state index in [0.29, 0.717) is 17.7 Å². The Labute approximate surface area is 111 Å². The van der Waals surface area contributed by atoms with Crippen LogP contribution in [0.5, 0.6) is 0 Å². The summed E-state index contributed by atoms with van der Waals surface area (Å²) in [5.74, 6) is -0.0870. The highest BCUT2D eigenvalue weighted by atomic mass is 16.4. The van der Waals surface area contributed by atoms with Crippen molar-refractivity contribution in [1.29, 1.82) is 0 Å². The Kier molecular flexibility index (Phi) is 4.01. The van der Waals surface area contributed by atoms with E-state index in [-0.39, 0.29) is 24.4 Å². The van der Waals surface area contributed by atoms with E-state index in [1.807, 2.05) is 0 Å². The number of nitrogens with two attached hydrogens (primary N) is 1. The molecule has 1 amide bonds. The maximum atomic E-state index is 12.3. The van der Waals surface area contributed by atoms with Gasteiger partial charge in [0.25, 0.3) is 5.91 Å². The van der Waals surface area contributed by atoms with Crippen molar-refractivity contribution in [2.24, 2.45) is 10.9 Å². The number of hydrogen-bond acceptors (Lipinski definition) is 4. The molecule has 1 aromatic carbocycles. The molecule has 4 N–H and O–H groups in total. The molecule has 0 bridgehead atoms. The first-order valence-corrected chi connectivity index (χ1v) is 6.17. The van der Waals surface area contributed by atoms with Crippen molar-refractivity contribution in [3.05, 3.63) is 35.4 Å². The van der Waals surface area contributed by atoms with Gasteiger partial charge in [-0.15, -0.1) is 0 Å². The van der Waals surface area contributed by atoms with Gasteiger partial charge in [0.05, 0.1) is 12.6 Å². The Hall–Kier alpha value is -2.08. The van der Waals surface area contributed by atoms with Gasteiger partial charge in [0.1, 0.15) is 0 Å². The molecule has 0 spiro atoms. The van der Waals surface area contributed by atoms with E-state index in [4.69, 9.17) is 10.9 Å². The Balaban J connectivity index is 2.16. The molecule has 1 atom stereocenters. The van der Waals surface area contributed by atoms with Crippen LogP contribution in [0.4, 0.5) is 0 Å². The first-order chi connectivity index (χ1) is 9.17. The van der Waals surface area contributed by atoms with Crippen LogP contribution in [0.1, 0.15) is 28.8 Å². The van der Waals surface area contributed by atoms with Gasteiger partial charge in [-0.2, -0.15) is 0 Å². The third-order valence-corrected chi connectivity index (χ3v) is 3.38. The summed E-state index contributed by atoms with van der Waals surface area (Å²) >= 11 is 0. The van der Waals surface area contributed by atoms with Crippen molar-refractivity contribution in [2.45, 2.75) is 18.9 Å². The molecule has 1 aliphatic rings. The zero-order chi connectivity index (χ0) is 13.8. The molecule has 0 aliphatic carbocycles. The number of aliphatic hydroxyl groups excluding tert-OH is 1. The molecule has 0 aromatic heterocycles. The topological polar surface area (TPSA) is 99.2 Å². The third kappa shape index (κ3) is 2.68. The number of amidine groups is 1. The van der Waals surface area contributed by atoms with Crippen LogP contribution in [-0.2, 0) is 0 Å². The molecule has 0 radical (unpaired) electrons. The predicted molar refractivity (Wildman–Crippen MR) is 70.1 cm³/mol. The number of aliphatic hydroxyl groups is 1. The van der Waals surface area contributed by atoms with Gasteiger partial charge < -0.3 is 20.9 Å². The quantitative estimate of drug-likeness (QED) is 0.318. The molecule has 1 aliphatic heterocycles. The minimum Gasteiger partial charge on any atom is -0.409 e. The van der Waals surface area contributed by atoms with Crippen LogP contribution in [0.25, 0.3) is 0 Å². The van der Waals surface area contributed by atoms with Gasteiger partial charge in [0.2, 0.25) is 0 Å². The fourth-order valence-electron chi connectivity index (χ4n) is 2.30. The second-order valence-electron chi connectivity index (χ2n) is 4.54. The van der Waals surface area contributed by atoms with Crippen molar-refractivity contribution in [3.63, 3.8) is 0 Å². The first-order valence-electron chi connectivity index (χ1n) is 6.17. The van der Waals surface area contributed by atoms with Crippen molar-refractivity contribution in [3.8, 4) is 0 Å². The van der Waals surface area contributed by atoms with E-state index < -0.39 is 0 Å². The van der Waals surface area contributed by atoms with E-state index in [1.165, 1.54) is 0 Å². The summed E-state index contributed by atoms with van der Waals surface area (Å²) in [6, 6.07) is 6.46. The second-order valence-corrected chi connectivity index (χ2v) is 4.54. The highest BCUT2D eigenvalue weighted by Gasteiger charge is 2.28. The molecule has 1 unspecified atom stereocenters. The number of oxime groups is 1. The lowest BCUT2D eigenvalue weighted by atomic mass is 10.1. The summed E-state index contributed by atoms with van der Waals surface area (Å²) in [5.41, 5.74) is 6.55. The number of carbonyl (C=O) groups is 1. The summed E-state index contributed by atoms with van der Waals surface area (Å²) in [7, 11) is 0. The van der Waals surface area contributed by atoms with Crippen molar-refractivity contribution in [1.82, 2.24) is 4.90 Å². The average molecular weight is 263 g/mol. The van der Waals surface area contributed by atoms with E-state index >= 15 is 0 Å². The molecule has 19 heavy (non-hydrogen) atoms. The summed E-state index contributed by atoms with van der Waals surface area (Å²) < 4.78 is 0. The summed E-state index contributed by atoms with van der Waals surface area (Å²) in [6.07, 6.45) is 1.75. The largest absolute Gasteiger partial charge is 0.409 e. The minimum absolute atomic E-state index is 0.00601. The van der Waals surface area contributed by atoms with Gasteiger partial charge in [0, 0.05) is 17.7 Å². The van der Waals surface area contributed by atoms with Crippen LogP contribution >= 0.6 is 0 Å². The molecule has 6 heteroatoms. The monoisotopic (exact) mass is 263 g/mol. The van der Waals surface area contributed by atoms with Crippen LogP contribution in [0.2, 0.25) is 0 Å². The summed E-state index contributed by atoms with van der Waals surface area (Å²) in [5, 5.41) is 20.7. The predicted octanol–water partition coefficient (Wildman–Crippen LogP) is 0.378. The zero-order valence-electron chi connectivity index (χ0n) is 10.5. The summed E-state index contributed by atoms with van der Waals surface area (Å²) in [4.78, 5) is 14.0. The van der Waals surface area contributed by atoms with Crippen molar-refractivity contribution >= 4 is 11.7 Å². The molecule has 1 heterocycles. The molecular formula is C13H17N3O3. The third-order valence-electron chi connectivity index (χ3n) is 3.38. The van der Waals surface area contributed by atoms with Gasteiger partial charge in [-0.1, -0.05) is 17.3 Å². The van der Waals surface area contributed by atoms with Gasteiger partial charge in [0.15, 0.2) is 5.84 Å². The molecular weight excluding hydrogens is 246 g/mol. The van der Waals surface area contributed by atoms with E-state index in [0.717, 1.165) is 12.8 Å². The van der Waals surface area contributed by atoms with Crippen LogP contribution < -0.4 is 5.73 Å². The zero-order valence-corrected chi connectivity index (χ0v) is 10.5. The number of rotatable bonds is 3. The van der Waals surface area contributed by atoms with E-state index in [2.05, 4.69) is 5.16 Å². The first kappa shape index (κ1) is 13.4. The average Bonchev–Trinajstić information content (AvgIpc) is 2.94. The Morgan fingerprint density at radius 2 is 2.00 bits per heavy atom. The maximum Gasteiger partial charge on any atom is 0.254 e. The van der Waals surface area contributed by atoms with Gasteiger partial charge in [-0.05, 0) is 25.0 Å². The molecule has 1 fully saturated rings. The van der Waals surface area contributed by atoms with Crippen LogP contribution in [0.15, 0.2) is 29.4 Å². The molecule has 102 valence electrons. The number of amides is 1. The number of carbonyl (C=O) groups excluding carboxylic acids is 1. The van der Waals surface area contributed by atoms with E-state index in [9.17, 15) is 9.90 Å². The fourth-order valence-corrected chi connectivity index (χ4v) is 2.30. The Bertz CT molecular complexity index is 484. The SMILES string of the molecule is NC(=NO)c1ccc(C(=O)N2CCCC2CO)cc1. The van der Waals surface area contributed by atoms with Crippen LogP contribution in [0, 0.1) is 0 Å². The lowest BCUT2D eigenvalue weighted by Gasteiger charge is -2.23. The van der Waals surface area contributed by atoms with Crippen molar-refractivity contribution in [2.75, 3.05) is 13.2 Å². The number of hydrogen-bond donors (Lipinski definition) is 3. The second kappa shape index (κ2) is 5.71. The lowest BCUT2D eigenvalue weighted by Crippen LogP contribution is -2.37. The lowest BCUT2D eigenvalue weighted by molar-refractivity contribution is 0.0677. The maximum absolute atomic E-state index is 12.3. The van der Waals surface area contributed by atoms with Crippen LogP contribution in [-0.4, -0.2) is 46.1 Å². The number of benzene rings is 1. The highest BCUT2D eigenvalue weighted by molar-refractivity contribution is 5.99. The van der Waals surface area contributed by atoms with Gasteiger partial charge >= 0.3 is 0 Å². The van der Waals surface area contributed by atoms with Gasteiger partial charge in [-0.3, -0.25) is 4.79 Å². The van der Waals surface area contributed by atoms with Gasteiger partial charge in [-0.25, -0.2) is 0 Å². The Morgan fingerprint density at radius 3 is 2.58 bits per heavy atom. The summed E-state index contributed by atoms with van der Waals surface area (Å²) in [6.45, 7) is 0.667. The molecule has 1 saturated heterocycles. The normalized spacial score (nSPS) is 19.7. The smallest absolute Gasteiger partial charge is 0.254 e. The molecule has 6 nitrogen and oxygen atoms in total. The number of nitrogens with zero attached hydrogens (tertiary/aromatic N) is 2. The molecule has 2 rings (SSSR count). The number of likely N-dealkylation sites (tertiary alicyclic amines) is 1. The molecule has 0 saturated carbocycles. The standard InChI is InChI=1S/C13H17N3O3/c14-12(15-19)9-3-5-10(6-4-9)13(18)16-7-1-2-11(16)8-17/h3-6,11,17,19H,1-2,7-8H2,(H2,14,15). The van der Waals surface area contributed by atoms with Crippen molar-refractivity contribution < 1.29 is 15.1 Å².